The van der Waals surface area contributed by atoms with E-state index in [0.717, 1.165) is 16.6 Å². The van der Waals surface area contributed by atoms with Crippen molar-refractivity contribution in [2.75, 3.05) is 7.11 Å². The zero-order valence-electron chi connectivity index (χ0n) is 18.7. The summed E-state index contributed by atoms with van der Waals surface area (Å²) in [6, 6.07) is 19.9. The third kappa shape index (κ3) is 4.35. The lowest BCUT2D eigenvalue weighted by atomic mass is 10.0. The lowest BCUT2D eigenvalue weighted by Gasteiger charge is -2.15. The molecule has 0 spiro atoms. The smallest absolute Gasteiger partial charge is 0.161 e. The molecule has 4 rings (SSSR count). The molecule has 0 saturated carbocycles. The number of fused-ring (bicyclic) bond motifs is 1. The normalized spacial score (nSPS) is 11.4. The summed E-state index contributed by atoms with van der Waals surface area (Å²) in [5.41, 5.74) is 7.85. The Morgan fingerprint density at radius 1 is 1.03 bits per heavy atom. The molecule has 0 amide bonds. The summed E-state index contributed by atoms with van der Waals surface area (Å²) < 4.78 is 11.7. The number of rotatable bonds is 6. The number of imidazole rings is 1. The molecule has 0 bridgehead atoms. The number of ether oxygens (including phenoxy) is 2. The Bertz CT molecular complexity index is 1300. The molecule has 0 saturated heterocycles. The summed E-state index contributed by atoms with van der Waals surface area (Å²) in [7, 11) is 1.61. The van der Waals surface area contributed by atoms with Gasteiger partial charge >= 0.3 is 0 Å². The minimum absolute atomic E-state index is 0.447. The molecule has 5 heteroatoms. The quantitative estimate of drug-likeness (QED) is 0.378. The van der Waals surface area contributed by atoms with Gasteiger partial charge < -0.3 is 14.5 Å². The SMILES string of the molecule is COc1cc(/C=C(\C#N)c2nc3ccccc3[nH]2)ccc1OCc1c(C)cc(C)cc1C. The Labute approximate surface area is 188 Å². The van der Waals surface area contributed by atoms with Crippen LogP contribution in [0.4, 0.5) is 0 Å². The van der Waals surface area contributed by atoms with E-state index >= 15 is 0 Å². The van der Waals surface area contributed by atoms with Gasteiger partial charge in [-0.1, -0.05) is 35.9 Å². The van der Waals surface area contributed by atoms with E-state index in [1.807, 2.05) is 42.5 Å². The van der Waals surface area contributed by atoms with Crippen LogP contribution in [0.2, 0.25) is 0 Å². The second-order valence-corrected chi connectivity index (χ2v) is 7.85. The Morgan fingerprint density at radius 3 is 2.47 bits per heavy atom. The zero-order chi connectivity index (χ0) is 22.7. The summed E-state index contributed by atoms with van der Waals surface area (Å²) in [6.07, 6.45) is 1.79. The molecule has 1 heterocycles. The predicted molar refractivity (Wildman–Crippen MR) is 128 cm³/mol. The minimum atomic E-state index is 0.447. The Morgan fingerprint density at radius 2 is 1.78 bits per heavy atom. The fourth-order valence-electron chi connectivity index (χ4n) is 3.88. The van der Waals surface area contributed by atoms with Crippen molar-refractivity contribution in [1.29, 1.82) is 5.26 Å². The van der Waals surface area contributed by atoms with E-state index in [0.29, 0.717) is 29.5 Å². The molecule has 0 aliphatic carbocycles. The number of aromatic nitrogens is 2. The van der Waals surface area contributed by atoms with Gasteiger partial charge in [-0.3, -0.25) is 0 Å². The molecule has 5 nitrogen and oxygen atoms in total. The van der Waals surface area contributed by atoms with Crippen LogP contribution >= 0.6 is 0 Å². The molecule has 0 radical (unpaired) electrons. The van der Waals surface area contributed by atoms with Crippen LogP contribution in [0.15, 0.2) is 54.6 Å². The van der Waals surface area contributed by atoms with Gasteiger partial charge in [-0.2, -0.15) is 5.26 Å². The van der Waals surface area contributed by atoms with E-state index in [-0.39, 0.29) is 0 Å². The molecule has 0 atom stereocenters. The lowest BCUT2D eigenvalue weighted by Crippen LogP contribution is -2.02. The molecule has 160 valence electrons. The maximum atomic E-state index is 9.69. The van der Waals surface area contributed by atoms with Gasteiger partial charge in [-0.25, -0.2) is 4.98 Å². The summed E-state index contributed by atoms with van der Waals surface area (Å²) in [6.45, 7) is 6.77. The highest BCUT2D eigenvalue weighted by Gasteiger charge is 2.11. The molecule has 0 aliphatic heterocycles. The molecule has 0 unspecified atom stereocenters. The number of para-hydroxylation sites is 2. The molecule has 0 aliphatic rings. The molecular weight excluding hydrogens is 398 g/mol. The number of nitrogens with one attached hydrogen (secondary N) is 1. The zero-order valence-corrected chi connectivity index (χ0v) is 18.7. The first-order valence-corrected chi connectivity index (χ1v) is 10.4. The van der Waals surface area contributed by atoms with Crippen LogP contribution in [0.3, 0.4) is 0 Å². The van der Waals surface area contributed by atoms with E-state index in [4.69, 9.17) is 9.47 Å². The minimum Gasteiger partial charge on any atom is -0.493 e. The van der Waals surface area contributed by atoms with Crippen molar-refractivity contribution >= 4 is 22.7 Å². The molecule has 1 aromatic heterocycles. The van der Waals surface area contributed by atoms with Gasteiger partial charge in [-0.05, 0) is 73.4 Å². The van der Waals surface area contributed by atoms with Crippen LogP contribution in [0.25, 0.3) is 22.7 Å². The summed E-state index contributed by atoms with van der Waals surface area (Å²) in [4.78, 5) is 7.73. The fraction of sp³-hybridized carbons (Fsp3) is 0.185. The van der Waals surface area contributed by atoms with Crippen LogP contribution in [-0.2, 0) is 6.61 Å². The van der Waals surface area contributed by atoms with Crippen LogP contribution in [0, 0.1) is 32.1 Å². The highest BCUT2D eigenvalue weighted by Crippen LogP contribution is 2.31. The first-order valence-electron chi connectivity index (χ1n) is 10.4. The predicted octanol–water partition coefficient (Wildman–Crippen LogP) is 6.14. The number of allylic oxidation sites excluding steroid dienone is 1. The first-order chi connectivity index (χ1) is 15.5. The maximum Gasteiger partial charge on any atom is 0.161 e. The van der Waals surface area contributed by atoms with Crippen LogP contribution in [-0.4, -0.2) is 17.1 Å². The molecule has 0 fully saturated rings. The van der Waals surface area contributed by atoms with Gasteiger partial charge in [0.2, 0.25) is 0 Å². The van der Waals surface area contributed by atoms with E-state index in [1.165, 1.54) is 22.3 Å². The number of nitriles is 1. The number of benzene rings is 3. The molecule has 1 N–H and O–H groups in total. The number of methoxy groups -OCH3 is 1. The van der Waals surface area contributed by atoms with E-state index < -0.39 is 0 Å². The highest BCUT2D eigenvalue weighted by atomic mass is 16.5. The Kier molecular flexibility index (Phi) is 5.96. The van der Waals surface area contributed by atoms with Crippen molar-refractivity contribution < 1.29 is 9.47 Å². The second kappa shape index (κ2) is 8.99. The van der Waals surface area contributed by atoms with Gasteiger partial charge in [0.15, 0.2) is 11.5 Å². The standard InChI is InChI=1S/C27H25N3O2/c1-17-11-18(2)22(19(3)12-17)16-32-25-10-9-20(14-26(25)31-4)13-21(15-28)27-29-23-7-5-6-8-24(23)30-27/h5-14H,16H2,1-4H3,(H,29,30)/b21-13+. The number of hydrogen-bond acceptors (Lipinski definition) is 4. The second-order valence-electron chi connectivity index (χ2n) is 7.85. The average molecular weight is 424 g/mol. The van der Waals surface area contributed by atoms with Gasteiger partial charge in [0.05, 0.1) is 23.7 Å². The van der Waals surface area contributed by atoms with Crippen LogP contribution in [0.1, 0.15) is 33.6 Å². The van der Waals surface area contributed by atoms with Crippen molar-refractivity contribution in [2.24, 2.45) is 0 Å². The third-order valence-corrected chi connectivity index (χ3v) is 5.48. The summed E-state index contributed by atoms with van der Waals surface area (Å²) in [5.74, 6) is 1.81. The van der Waals surface area contributed by atoms with Crippen molar-refractivity contribution in [2.45, 2.75) is 27.4 Å². The van der Waals surface area contributed by atoms with Gasteiger partial charge in [0.25, 0.3) is 0 Å². The van der Waals surface area contributed by atoms with Crippen molar-refractivity contribution in [1.82, 2.24) is 9.97 Å². The average Bonchev–Trinajstić information content (AvgIpc) is 3.21. The largest absolute Gasteiger partial charge is 0.493 e. The number of nitrogens with zero attached hydrogens (tertiary/aromatic N) is 2. The summed E-state index contributed by atoms with van der Waals surface area (Å²) in [5, 5.41) is 9.69. The lowest BCUT2D eigenvalue weighted by molar-refractivity contribution is 0.283. The number of hydrogen-bond donors (Lipinski definition) is 1. The number of aromatic amines is 1. The Hall–Kier alpha value is -4.04. The molecule has 4 aromatic rings. The molecular formula is C27H25N3O2. The van der Waals surface area contributed by atoms with Crippen LogP contribution < -0.4 is 9.47 Å². The van der Waals surface area contributed by atoms with Crippen LogP contribution in [0.5, 0.6) is 11.5 Å². The number of H-pyrrole nitrogens is 1. The van der Waals surface area contributed by atoms with E-state index in [1.54, 1.807) is 13.2 Å². The Balaban J connectivity index is 1.59. The molecule has 32 heavy (non-hydrogen) atoms. The van der Waals surface area contributed by atoms with E-state index in [9.17, 15) is 5.26 Å². The van der Waals surface area contributed by atoms with Gasteiger partial charge in [-0.15, -0.1) is 0 Å². The number of aryl methyl sites for hydroxylation is 3. The van der Waals surface area contributed by atoms with Crippen molar-refractivity contribution in [3.05, 3.63) is 88.2 Å². The maximum absolute atomic E-state index is 9.69. The van der Waals surface area contributed by atoms with Crippen molar-refractivity contribution in [3.8, 4) is 17.6 Å². The van der Waals surface area contributed by atoms with E-state index in [2.05, 4.69) is 48.9 Å². The van der Waals surface area contributed by atoms with Crippen molar-refractivity contribution in [3.63, 3.8) is 0 Å². The molecule has 3 aromatic carbocycles. The topological polar surface area (TPSA) is 70.9 Å². The monoisotopic (exact) mass is 423 g/mol. The van der Waals surface area contributed by atoms with Gasteiger partial charge in [0, 0.05) is 0 Å². The highest BCUT2D eigenvalue weighted by molar-refractivity contribution is 5.90. The summed E-state index contributed by atoms with van der Waals surface area (Å²) >= 11 is 0. The third-order valence-electron chi connectivity index (χ3n) is 5.48. The first kappa shape index (κ1) is 21.2. The van der Waals surface area contributed by atoms with Gasteiger partial charge in [0.1, 0.15) is 18.5 Å². The fourth-order valence-corrected chi connectivity index (χ4v) is 3.88.